The van der Waals surface area contributed by atoms with Gasteiger partial charge in [-0.25, -0.2) is 4.90 Å². The summed E-state index contributed by atoms with van der Waals surface area (Å²) in [6.45, 7) is 0.0696. The van der Waals surface area contributed by atoms with E-state index in [9.17, 15) is 14.4 Å². The third kappa shape index (κ3) is 3.07. The van der Waals surface area contributed by atoms with Gasteiger partial charge < -0.3 is 0 Å². The van der Waals surface area contributed by atoms with Crippen molar-refractivity contribution in [2.24, 2.45) is 11.8 Å². The van der Waals surface area contributed by atoms with Crippen LogP contribution in [0, 0.1) is 24.2 Å². The Hall–Kier alpha value is -3.92. The molecule has 1 N–H and O–H groups in total. The van der Waals surface area contributed by atoms with Crippen molar-refractivity contribution in [2.75, 3.05) is 16.3 Å². The highest BCUT2D eigenvalue weighted by atomic mass is 35.5. The number of rotatable bonds is 4. The predicted octanol–water partition coefficient (Wildman–Crippen LogP) is 3.54. The lowest BCUT2D eigenvalue weighted by Gasteiger charge is -2.30. The van der Waals surface area contributed by atoms with Gasteiger partial charge in [0.1, 0.15) is 5.54 Å². The molecule has 3 aromatic rings. The summed E-state index contributed by atoms with van der Waals surface area (Å²) in [4.78, 5) is 44.9. The molecule has 0 unspecified atom stereocenters. The molecule has 7 heteroatoms. The Labute approximate surface area is 213 Å². The van der Waals surface area contributed by atoms with Gasteiger partial charge in [-0.05, 0) is 36.2 Å². The van der Waals surface area contributed by atoms with Crippen molar-refractivity contribution in [1.82, 2.24) is 5.32 Å². The molecular weight excluding hydrogens is 474 g/mol. The van der Waals surface area contributed by atoms with Crippen molar-refractivity contribution >= 4 is 40.7 Å². The van der Waals surface area contributed by atoms with Crippen LogP contribution in [0.2, 0.25) is 5.02 Å². The predicted molar refractivity (Wildman–Crippen MR) is 137 cm³/mol. The Morgan fingerprint density at radius 3 is 2.44 bits per heavy atom. The summed E-state index contributed by atoms with van der Waals surface area (Å²) < 4.78 is 0. The van der Waals surface area contributed by atoms with Crippen LogP contribution in [-0.2, 0) is 26.3 Å². The molecule has 3 aliphatic rings. The highest BCUT2D eigenvalue weighted by Gasteiger charge is 2.71. The first-order valence-electron chi connectivity index (χ1n) is 11.8. The molecule has 3 aromatic carbocycles. The minimum absolute atomic E-state index is 0.0696. The van der Waals surface area contributed by atoms with Gasteiger partial charge in [-0.1, -0.05) is 72.1 Å². The van der Waals surface area contributed by atoms with Gasteiger partial charge in [0.25, 0.3) is 5.91 Å². The average molecular weight is 496 g/mol. The Morgan fingerprint density at radius 1 is 0.944 bits per heavy atom. The summed E-state index contributed by atoms with van der Waals surface area (Å²) in [5.41, 5.74) is 1.35. The quantitative estimate of drug-likeness (QED) is 0.444. The molecule has 3 aliphatic heterocycles. The molecule has 2 saturated heterocycles. The number of fused-ring (bicyclic) bond motifs is 4. The molecule has 4 atom stereocenters. The second-order valence-electron chi connectivity index (χ2n) is 9.36. The highest BCUT2D eigenvalue weighted by Crippen LogP contribution is 2.55. The van der Waals surface area contributed by atoms with E-state index in [2.05, 4.69) is 11.2 Å². The van der Waals surface area contributed by atoms with Crippen molar-refractivity contribution in [3.63, 3.8) is 0 Å². The van der Waals surface area contributed by atoms with Crippen molar-refractivity contribution < 1.29 is 14.4 Å². The summed E-state index contributed by atoms with van der Waals surface area (Å²) in [6, 6.07) is 23.3. The van der Waals surface area contributed by atoms with Crippen LogP contribution in [0.5, 0.6) is 0 Å². The fourth-order valence-electron chi connectivity index (χ4n) is 6.11. The van der Waals surface area contributed by atoms with Crippen LogP contribution in [0.4, 0.5) is 11.4 Å². The van der Waals surface area contributed by atoms with Crippen LogP contribution >= 0.6 is 11.6 Å². The van der Waals surface area contributed by atoms with E-state index in [1.807, 2.05) is 54.6 Å². The first-order valence-corrected chi connectivity index (χ1v) is 12.1. The Balaban J connectivity index is 1.52. The minimum atomic E-state index is -1.39. The van der Waals surface area contributed by atoms with Crippen LogP contribution in [0.25, 0.3) is 0 Å². The van der Waals surface area contributed by atoms with Crippen molar-refractivity contribution in [1.29, 1.82) is 0 Å². The molecule has 0 aliphatic carbocycles. The molecular formula is C29H22ClN3O3. The number of imide groups is 1. The van der Waals surface area contributed by atoms with Crippen molar-refractivity contribution in [3.8, 4) is 12.3 Å². The fourth-order valence-corrected chi connectivity index (χ4v) is 6.29. The number of anilines is 2. The number of benzene rings is 3. The molecule has 36 heavy (non-hydrogen) atoms. The summed E-state index contributed by atoms with van der Waals surface area (Å²) in [5, 5.41) is 3.92. The van der Waals surface area contributed by atoms with Crippen LogP contribution < -0.4 is 15.1 Å². The smallest absolute Gasteiger partial charge is 0.253 e. The Morgan fingerprint density at radius 2 is 1.69 bits per heavy atom. The second kappa shape index (κ2) is 8.34. The van der Waals surface area contributed by atoms with E-state index in [1.54, 1.807) is 24.3 Å². The molecule has 6 nitrogen and oxygen atoms in total. The summed E-state index contributed by atoms with van der Waals surface area (Å²) >= 11 is 6.20. The largest absolute Gasteiger partial charge is 0.298 e. The molecule has 0 bridgehead atoms. The van der Waals surface area contributed by atoms with Gasteiger partial charge in [-0.15, -0.1) is 6.42 Å². The minimum Gasteiger partial charge on any atom is -0.298 e. The van der Waals surface area contributed by atoms with E-state index in [4.69, 9.17) is 18.0 Å². The van der Waals surface area contributed by atoms with Gasteiger partial charge in [-0.3, -0.25) is 24.6 Å². The molecule has 6 rings (SSSR count). The van der Waals surface area contributed by atoms with Crippen molar-refractivity contribution in [3.05, 3.63) is 95.0 Å². The van der Waals surface area contributed by atoms with Gasteiger partial charge in [0.15, 0.2) is 0 Å². The number of amides is 3. The zero-order valence-corrected chi connectivity index (χ0v) is 20.0. The molecule has 2 fully saturated rings. The second-order valence-corrected chi connectivity index (χ2v) is 9.79. The SMILES string of the molecule is C#CCN1C(=O)[C@]2(N[C@H](Cc3ccccc3)[C@H]3C(=O)N(c4cccc(Cl)c4)C(=O)[C@H]32)c2ccccc21. The monoisotopic (exact) mass is 495 g/mol. The molecule has 1 spiro atoms. The fraction of sp³-hybridized carbons (Fsp3) is 0.207. The van der Waals surface area contributed by atoms with Crippen LogP contribution in [0.15, 0.2) is 78.9 Å². The number of hydrogen-bond acceptors (Lipinski definition) is 4. The van der Waals surface area contributed by atoms with Crippen LogP contribution in [0.3, 0.4) is 0 Å². The van der Waals surface area contributed by atoms with Gasteiger partial charge in [0, 0.05) is 16.6 Å². The van der Waals surface area contributed by atoms with Gasteiger partial charge >= 0.3 is 0 Å². The highest BCUT2D eigenvalue weighted by molar-refractivity contribution is 6.31. The maximum atomic E-state index is 14.1. The summed E-state index contributed by atoms with van der Waals surface area (Å²) in [6.07, 6.45) is 6.09. The molecule has 0 radical (unpaired) electrons. The van der Waals surface area contributed by atoms with Crippen LogP contribution in [0.1, 0.15) is 11.1 Å². The number of nitrogens with zero attached hydrogens (tertiary/aromatic N) is 2. The molecule has 0 aromatic heterocycles. The normalized spacial score (nSPS) is 26.4. The number of para-hydroxylation sites is 1. The van der Waals surface area contributed by atoms with E-state index in [0.717, 1.165) is 5.56 Å². The van der Waals surface area contributed by atoms with Gasteiger partial charge in [0.05, 0.1) is 29.8 Å². The number of terminal acetylenes is 1. The number of nitrogens with one attached hydrogen (secondary N) is 1. The number of halogens is 1. The van der Waals surface area contributed by atoms with Crippen LogP contribution in [-0.4, -0.2) is 30.3 Å². The van der Waals surface area contributed by atoms with E-state index in [0.29, 0.717) is 28.4 Å². The standard InChI is InChI=1S/C29H22ClN3O3/c1-2-15-32-23-14-7-6-13-21(23)29(28(32)36)25-24(22(31-29)16-18-9-4-3-5-10-18)26(34)33(27(25)35)20-12-8-11-19(30)17-20/h1,3-14,17,22,24-25,31H,15-16H2/t22-,24-,25+,29+/m1/s1. The molecule has 3 heterocycles. The lowest BCUT2D eigenvalue weighted by Crippen LogP contribution is -2.55. The Kier molecular flexibility index (Phi) is 5.22. The Bertz CT molecular complexity index is 1450. The summed E-state index contributed by atoms with van der Waals surface area (Å²) in [5.74, 6) is -0.154. The maximum absolute atomic E-state index is 14.1. The first kappa shape index (κ1) is 22.5. The number of hydrogen-bond donors (Lipinski definition) is 1. The number of carbonyl (C=O) groups excluding carboxylic acids is 3. The molecule has 178 valence electrons. The van der Waals surface area contributed by atoms with E-state index in [-0.39, 0.29) is 18.4 Å². The molecule has 3 amide bonds. The van der Waals surface area contributed by atoms with E-state index < -0.39 is 29.3 Å². The van der Waals surface area contributed by atoms with E-state index >= 15 is 0 Å². The third-order valence-electron chi connectivity index (χ3n) is 7.48. The average Bonchev–Trinajstić information content (AvgIpc) is 3.44. The lowest BCUT2D eigenvalue weighted by molar-refractivity contribution is -0.132. The van der Waals surface area contributed by atoms with Gasteiger partial charge in [-0.2, -0.15) is 0 Å². The third-order valence-corrected chi connectivity index (χ3v) is 7.72. The first-order chi connectivity index (χ1) is 17.5. The zero-order valence-electron chi connectivity index (χ0n) is 19.2. The topological polar surface area (TPSA) is 69.7 Å². The summed E-state index contributed by atoms with van der Waals surface area (Å²) in [7, 11) is 0. The van der Waals surface area contributed by atoms with Crippen molar-refractivity contribution in [2.45, 2.75) is 18.0 Å². The molecule has 0 saturated carbocycles. The zero-order chi connectivity index (χ0) is 25.0. The van der Waals surface area contributed by atoms with E-state index in [1.165, 1.54) is 9.80 Å². The number of carbonyl (C=O) groups is 3. The van der Waals surface area contributed by atoms with Gasteiger partial charge in [0.2, 0.25) is 11.8 Å². The lowest BCUT2D eigenvalue weighted by atomic mass is 9.76. The maximum Gasteiger partial charge on any atom is 0.253 e.